The highest BCUT2D eigenvalue weighted by molar-refractivity contribution is 8.26. The molecule has 0 fully saturated rings. The van der Waals surface area contributed by atoms with E-state index in [1.165, 1.54) is 0 Å². The van der Waals surface area contributed by atoms with E-state index in [9.17, 15) is 14.4 Å². The van der Waals surface area contributed by atoms with Crippen molar-refractivity contribution >= 4 is 28.1 Å². The summed E-state index contributed by atoms with van der Waals surface area (Å²) in [6.45, 7) is 0.599. The average molecular weight is 401 g/mol. The van der Waals surface area contributed by atoms with Gasteiger partial charge in [-0.1, -0.05) is 60.7 Å². The second-order valence-electron chi connectivity index (χ2n) is 6.12. The molecular weight excluding hydrogens is 376 g/mol. The number of hydrogen-bond acceptors (Lipinski definition) is 6. The molecule has 0 bridgehead atoms. The van der Waals surface area contributed by atoms with Crippen LogP contribution in [0.15, 0.2) is 60.7 Å². The SMILES string of the molecule is NCCCC[C@H](NC(=O)OCc1ccccc1)C(=O)SC(=O)c1ccccc1. The smallest absolute Gasteiger partial charge is 0.408 e. The fourth-order valence-electron chi connectivity index (χ4n) is 2.44. The molecule has 1 amide bonds. The van der Waals surface area contributed by atoms with Gasteiger partial charge in [-0.15, -0.1) is 0 Å². The summed E-state index contributed by atoms with van der Waals surface area (Å²) in [4.78, 5) is 37.0. The first-order valence-corrected chi connectivity index (χ1v) is 9.90. The summed E-state index contributed by atoms with van der Waals surface area (Å²) in [6, 6.07) is 17.0. The van der Waals surface area contributed by atoms with E-state index in [1.54, 1.807) is 30.3 Å². The summed E-state index contributed by atoms with van der Waals surface area (Å²) in [6.07, 6.45) is 1.09. The Kier molecular flexibility index (Phi) is 9.24. The minimum atomic E-state index is -0.813. The van der Waals surface area contributed by atoms with Gasteiger partial charge in [0.2, 0.25) is 10.2 Å². The van der Waals surface area contributed by atoms with Crippen LogP contribution in [-0.4, -0.2) is 28.9 Å². The maximum atomic E-state index is 12.6. The molecule has 2 aromatic rings. The van der Waals surface area contributed by atoms with Crippen LogP contribution in [0.25, 0.3) is 0 Å². The highest BCUT2D eigenvalue weighted by atomic mass is 32.2. The topological polar surface area (TPSA) is 98.5 Å². The van der Waals surface area contributed by atoms with Crippen LogP contribution in [0.3, 0.4) is 0 Å². The third kappa shape index (κ3) is 7.54. The number of unbranched alkanes of at least 4 members (excludes halogenated alkanes) is 1. The van der Waals surface area contributed by atoms with Gasteiger partial charge in [-0.3, -0.25) is 9.59 Å². The highest BCUT2D eigenvalue weighted by Crippen LogP contribution is 2.17. The van der Waals surface area contributed by atoms with Crippen LogP contribution in [0.5, 0.6) is 0 Å². The zero-order valence-electron chi connectivity index (χ0n) is 15.5. The van der Waals surface area contributed by atoms with Gasteiger partial charge >= 0.3 is 6.09 Å². The lowest BCUT2D eigenvalue weighted by atomic mass is 10.1. The lowest BCUT2D eigenvalue weighted by Gasteiger charge is -2.17. The summed E-state index contributed by atoms with van der Waals surface area (Å²) >= 11 is 0.596. The molecule has 2 aromatic carbocycles. The summed E-state index contributed by atoms with van der Waals surface area (Å²) in [5, 5.41) is 1.81. The van der Waals surface area contributed by atoms with Gasteiger partial charge < -0.3 is 15.8 Å². The summed E-state index contributed by atoms with van der Waals surface area (Å²) in [7, 11) is 0. The van der Waals surface area contributed by atoms with Crippen molar-refractivity contribution in [1.82, 2.24) is 5.32 Å². The molecule has 0 spiro atoms. The Balaban J connectivity index is 1.92. The minimum Gasteiger partial charge on any atom is -0.445 e. The molecule has 1 atom stereocenters. The van der Waals surface area contributed by atoms with Crippen molar-refractivity contribution < 1.29 is 19.1 Å². The largest absolute Gasteiger partial charge is 0.445 e. The number of carbonyl (C=O) groups is 3. The van der Waals surface area contributed by atoms with Gasteiger partial charge in [-0.2, -0.15) is 0 Å². The molecule has 0 saturated heterocycles. The minimum absolute atomic E-state index is 0.104. The number of ether oxygens (including phenoxy) is 1. The summed E-state index contributed by atoms with van der Waals surface area (Å²) < 4.78 is 5.18. The van der Waals surface area contributed by atoms with E-state index in [0.29, 0.717) is 36.7 Å². The fourth-order valence-corrected chi connectivity index (χ4v) is 3.20. The van der Waals surface area contributed by atoms with Crippen molar-refractivity contribution in [2.75, 3.05) is 6.54 Å². The number of rotatable bonds is 9. The van der Waals surface area contributed by atoms with E-state index < -0.39 is 17.3 Å². The maximum absolute atomic E-state index is 12.6. The van der Waals surface area contributed by atoms with Crippen LogP contribution in [0.1, 0.15) is 35.2 Å². The number of nitrogens with two attached hydrogens (primary N) is 1. The van der Waals surface area contributed by atoms with Crippen LogP contribution in [-0.2, 0) is 16.1 Å². The van der Waals surface area contributed by atoms with Gasteiger partial charge in [-0.05, 0) is 43.1 Å². The third-order valence-electron chi connectivity index (χ3n) is 3.94. The molecule has 0 aliphatic heterocycles. The second-order valence-corrected chi connectivity index (χ2v) is 7.09. The number of hydrogen-bond donors (Lipinski definition) is 2. The molecule has 2 rings (SSSR count). The van der Waals surface area contributed by atoms with Crippen molar-refractivity contribution in [3.05, 3.63) is 71.8 Å². The van der Waals surface area contributed by atoms with E-state index in [0.717, 1.165) is 12.0 Å². The van der Waals surface area contributed by atoms with E-state index in [1.807, 2.05) is 30.3 Å². The van der Waals surface area contributed by atoms with Crippen LogP contribution in [0, 0.1) is 0 Å². The molecule has 0 aliphatic carbocycles. The van der Waals surface area contributed by atoms with Crippen LogP contribution in [0.2, 0.25) is 0 Å². The Bertz CT molecular complexity index is 768. The molecule has 28 heavy (non-hydrogen) atoms. The van der Waals surface area contributed by atoms with Gasteiger partial charge in [0.15, 0.2) is 0 Å². The van der Waals surface area contributed by atoms with Gasteiger partial charge in [0.1, 0.15) is 12.6 Å². The first-order chi connectivity index (χ1) is 13.6. The molecule has 7 heteroatoms. The Hall–Kier alpha value is -2.64. The van der Waals surface area contributed by atoms with Crippen molar-refractivity contribution in [3.8, 4) is 0 Å². The number of benzene rings is 2. The molecule has 0 aliphatic rings. The lowest BCUT2D eigenvalue weighted by Crippen LogP contribution is -2.40. The molecule has 6 nitrogen and oxygen atoms in total. The van der Waals surface area contributed by atoms with Crippen molar-refractivity contribution in [2.45, 2.75) is 31.9 Å². The number of alkyl carbamates (subject to hydrolysis) is 1. The Labute approximate surface area is 168 Å². The molecule has 3 N–H and O–H groups in total. The molecule has 148 valence electrons. The van der Waals surface area contributed by atoms with Gasteiger partial charge in [0.05, 0.1) is 0 Å². The Morgan fingerprint density at radius 1 is 0.964 bits per heavy atom. The summed E-state index contributed by atoms with van der Waals surface area (Å²) in [5.41, 5.74) is 6.79. The monoisotopic (exact) mass is 400 g/mol. The average Bonchev–Trinajstić information content (AvgIpc) is 2.73. The van der Waals surface area contributed by atoms with E-state index in [4.69, 9.17) is 10.5 Å². The normalized spacial score (nSPS) is 11.5. The fraction of sp³-hybridized carbons (Fsp3) is 0.286. The molecule has 0 radical (unpaired) electrons. The number of nitrogens with one attached hydrogen (secondary N) is 1. The lowest BCUT2D eigenvalue weighted by molar-refractivity contribution is -0.112. The van der Waals surface area contributed by atoms with Crippen LogP contribution in [0.4, 0.5) is 4.79 Å². The van der Waals surface area contributed by atoms with E-state index in [2.05, 4.69) is 5.32 Å². The molecule has 0 saturated carbocycles. The second kappa shape index (κ2) is 11.9. The van der Waals surface area contributed by atoms with Gasteiger partial charge in [0, 0.05) is 5.56 Å². The first kappa shape index (κ1) is 21.7. The number of amides is 1. The quantitative estimate of drug-likeness (QED) is 0.625. The zero-order chi connectivity index (χ0) is 20.2. The van der Waals surface area contributed by atoms with Crippen LogP contribution >= 0.6 is 11.8 Å². The zero-order valence-corrected chi connectivity index (χ0v) is 16.3. The van der Waals surface area contributed by atoms with Crippen molar-refractivity contribution in [2.24, 2.45) is 5.73 Å². The van der Waals surface area contributed by atoms with Crippen molar-refractivity contribution in [1.29, 1.82) is 0 Å². The standard InChI is InChI=1S/C21H24N2O4S/c22-14-8-7-13-18(20(25)28-19(24)17-11-5-2-6-12-17)23-21(26)27-15-16-9-3-1-4-10-16/h1-6,9-12,18H,7-8,13-15,22H2,(H,23,26)/t18-/m0/s1. The molecule has 0 heterocycles. The number of carbonyl (C=O) groups excluding carboxylic acids is 3. The Morgan fingerprint density at radius 3 is 2.25 bits per heavy atom. The van der Waals surface area contributed by atoms with Gasteiger partial charge in [0.25, 0.3) is 0 Å². The number of thioether (sulfide) groups is 1. The Morgan fingerprint density at radius 2 is 1.61 bits per heavy atom. The maximum Gasteiger partial charge on any atom is 0.408 e. The highest BCUT2D eigenvalue weighted by Gasteiger charge is 2.24. The third-order valence-corrected chi connectivity index (χ3v) is 4.85. The molecule has 0 aromatic heterocycles. The van der Waals surface area contributed by atoms with E-state index >= 15 is 0 Å². The molecular formula is C21H24N2O4S. The molecule has 0 unspecified atom stereocenters. The van der Waals surface area contributed by atoms with Crippen LogP contribution < -0.4 is 11.1 Å². The summed E-state index contributed by atoms with van der Waals surface area (Å²) in [5.74, 6) is 0. The predicted octanol–water partition coefficient (Wildman–Crippen LogP) is 3.51. The predicted molar refractivity (Wildman–Crippen MR) is 110 cm³/mol. The van der Waals surface area contributed by atoms with Gasteiger partial charge in [-0.25, -0.2) is 4.79 Å². The van der Waals surface area contributed by atoms with Crippen molar-refractivity contribution in [3.63, 3.8) is 0 Å². The van der Waals surface area contributed by atoms with E-state index in [-0.39, 0.29) is 11.7 Å². The first-order valence-electron chi connectivity index (χ1n) is 9.08.